The van der Waals surface area contributed by atoms with Crippen LogP contribution in [0.5, 0.6) is 0 Å². The number of carbonyl (C=O) groups excluding carboxylic acids is 1. The van der Waals surface area contributed by atoms with E-state index in [1.54, 1.807) is 13.0 Å². The van der Waals surface area contributed by atoms with Gasteiger partial charge in [0.1, 0.15) is 5.02 Å². The Labute approximate surface area is 129 Å². The van der Waals surface area contributed by atoms with Crippen LogP contribution in [0.4, 0.5) is 11.4 Å². The second-order valence-electron chi connectivity index (χ2n) is 4.18. The van der Waals surface area contributed by atoms with E-state index in [4.69, 9.17) is 23.2 Å². The number of rotatable bonds is 3. The van der Waals surface area contributed by atoms with Gasteiger partial charge in [-0.2, -0.15) is 0 Å². The summed E-state index contributed by atoms with van der Waals surface area (Å²) in [6, 6.07) is 5.53. The summed E-state index contributed by atoms with van der Waals surface area (Å²) in [7, 11) is 0. The second kappa shape index (κ2) is 6.07. The van der Waals surface area contributed by atoms with Gasteiger partial charge in [0.15, 0.2) is 0 Å². The van der Waals surface area contributed by atoms with Crippen molar-refractivity contribution in [2.24, 2.45) is 0 Å². The number of hydrogen-bond acceptors (Lipinski definition) is 4. The molecule has 0 aliphatic heterocycles. The molecule has 108 valence electrons. The molecular formula is C13H9Cl2N3O3. The fraction of sp³-hybridized carbons (Fsp3) is 0.0769. The number of anilines is 1. The predicted molar refractivity (Wildman–Crippen MR) is 80.0 cm³/mol. The van der Waals surface area contributed by atoms with Gasteiger partial charge < -0.3 is 5.32 Å². The number of benzene rings is 1. The molecule has 1 heterocycles. The van der Waals surface area contributed by atoms with Crippen molar-refractivity contribution in [1.29, 1.82) is 0 Å². The Hall–Kier alpha value is -2.18. The molecule has 0 bridgehead atoms. The first-order valence-corrected chi connectivity index (χ1v) is 6.51. The molecule has 0 atom stereocenters. The smallest absolute Gasteiger partial charge is 0.289 e. The van der Waals surface area contributed by atoms with Gasteiger partial charge in [-0.25, -0.2) is 0 Å². The van der Waals surface area contributed by atoms with Gasteiger partial charge in [-0.05, 0) is 25.1 Å². The van der Waals surface area contributed by atoms with Crippen molar-refractivity contribution >= 4 is 40.5 Å². The highest BCUT2D eigenvalue weighted by Gasteiger charge is 2.16. The minimum atomic E-state index is -0.627. The fourth-order valence-corrected chi connectivity index (χ4v) is 2.10. The van der Waals surface area contributed by atoms with Crippen LogP contribution >= 0.6 is 23.2 Å². The Balaban J connectivity index is 2.27. The standard InChI is InChI=1S/C13H9Cl2N3O3/c1-7-4-11(15)9(6-16-7)13(19)17-8-2-3-10(14)12(5-8)18(20)21/h2-6H,1H3,(H,17,19). The Morgan fingerprint density at radius 1 is 1.29 bits per heavy atom. The Morgan fingerprint density at radius 3 is 2.62 bits per heavy atom. The minimum absolute atomic E-state index is 0.00645. The van der Waals surface area contributed by atoms with Gasteiger partial charge in [0.2, 0.25) is 0 Å². The van der Waals surface area contributed by atoms with E-state index in [0.29, 0.717) is 5.69 Å². The molecule has 0 unspecified atom stereocenters. The number of nitrogens with one attached hydrogen (secondary N) is 1. The number of halogens is 2. The molecule has 8 heteroatoms. The number of aromatic nitrogens is 1. The summed E-state index contributed by atoms with van der Waals surface area (Å²) in [6.07, 6.45) is 1.34. The van der Waals surface area contributed by atoms with E-state index in [2.05, 4.69) is 10.3 Å². The van der Waals surface area contributed by atoms with Crippen molar-refractivity contribution in [3.05, 3.63) is 61.9 Å². The average molecular weight is 326 g/mol. The molecule has 1 N–H and O–H groups in total. The number of nitrogens with zero attached hydrogens (tertiary/aromatic N) is 2. The van der Waals surface area contributed by atoms with Gasteiger partial charge in [0, 0.05) is 23.6 Å². The van der Waals surface area contributed by atoms with E-state index in [9.17, 15) is 14.9 Å². The highest BCUT2D eigenvalue weighted by atomic mass is 35.5. The van der Waals surface area contributed by atoms with Crippen molar-refractivity contribution in [3.63, 3.8) is 0 Å². The third-order valence-corrected chi connectivity index (χ3v) is 3.27. The van der Waals surface area contributed by atoms with Crippen LogP contribution in [-0.2, 0) is 0 Å². The average Bonchev–Trinajstić information content (AvgIpc) is 2.40. The zero-order valence-electron chi connectivity index (χ0n) is 10.8. The molecule has 2 rings (SSSR count). The summed E-state index contributed by atoms with van der Waals surface area (Å²) in [5, 5.41) is 13.6. The third kappa shape index (κ3) is 3.48. The van der Waals surface area contributed by atoms with Gasteiger partial charge in [-0.15, -0.1) is 0 Å². The molecule has 0 fully saturated rings. The lowest BCUT2D eigenvalue weighted by Crippen LogP contribution is -2.13. The summed E-state index contributed by atoms with van der Waals surface area (Å²) in [6.45, 7) is 1.75. The Morgan fingerprint density at radius 2 is 2.00 bits per heavy atom. The van der Waals surface area contributed by atoms with E-state index >= 15 is 0 Å². The molecule has 1 aromatic heterocycles. The van der Waals surface area contributed by atoms with Crippen molar-refractivity contribution in [2.75, 3.05) is 5.32 Å². The monoisotopic (exact) mass is 325 g/mol. The van der Waals surface area contributed by atoms with Crippen LogP contribution in [-0.4, -0.2) is 15.8 Å². The number of amides is 1. The predicted octanol–water partition coefficient (Wildman–Crippen LogP) is 3.86. The summed E-state index contributed by atoms with van der Waals surface area (Å²) >= 11 is 11.7. The van der Waals surface area contributed by atoms with Crippen molar-refractivity contribution in [1.82, 2.24) is 4.98 Å². The minimum Gasteiger partial charge on any atom is -0.322 e. The summed E-state index contributed by atoms with van der Waals surface area (Å²) in [5.74, 6) is -0.510. The lowest BCUT2D eigenvalue weighted by atomic mass is 10.2. The highest BCUT2D eigenvalue weighted by molar-refractivity contribution is 6.34. The number of nitro benzene ring substituents is 1. The summed E-state index contributed by atoms with van der Waals surface area (Å²) in [5.41, 5.74) is 0.814. The number of carbonyl (C=O) groups is 1. The Bertz CT molecular complexity index is 735. The lowest BCUT2D eigenvalue weighted by molar-refractivity contribution is -0.384. The van der Waals surface area contributed by atoms with Gasteiger partial charge >= 0.3 is 0 Å². The molecule has 0 aliphatic rings. The van der Waals surface area contributed by atoms with E-state index in [0.717, 1.165) is 0 Å². The summed E-state index contributed by atoms with van der Waals surface area (Å²) < 4.78 is 0. The van der Waals surface area contributed by atoms with Crippen molar-refractivity contribution in [2.45, 2.75) is 6.92 Å². The summed E-state index contributed by atoms with van der Waals surface area (Å²) in [4.78, 5) is 26.2. The van der Waals surface area contributed by atoms with E-state index < -0.39 is 10.8 Å². The van der Waals surface area contributed by atoms with Crippen LogP contribution in [0.15, 0.2) is 30.5 Å². The molecule has 0 saturated heterocycles. The van der Waals surface area contributed by atoms with Crippen LogP contribution in [0.25, 0.3) is 0 Å². The van der Waals surface area contributed by atoms with Gasteiger partial charge in [-0.1, -0.05) is 23.2 Å². The molecule has 0 radical (unpaired) electrons. The maximum Gasteiger partial charge on any atom is 0.289 e. The molecule has 1 amide bonds. The zero-order chi connectivity index (χ0) is 15.6. The first-order chi connectivity index (χ1) is 9.88. The maximum atomic E-state index is 12.1. The van der Waals surface area contributed by atoms with Crippen LogP contribution in [0.3, 0.4) is 0 Å². The SMILES string of the molecule is Cc1cc(Cl)c(C(=O)Nc2ccc(Cl)c([N+](=O)[O-])c2)cn1. The largest absolute Gasteiger partial charge is 0.322 e. The van der Waals surface area contributed by atoms with E-state index in [1.807, 2.05) is 0 Å². The van der Waals surface area contributed by atoms with E-state index in [1.165, 1.54) is 24.4 Å². The van der Waals surface area contributed by atoms with Crippen molar-refractivity contribution < 1.29 is 9.72 Å². The first-order valence-electron chi connectivity index (χ1n) is 5.76. The maximum absolute atomic E-state index is 12.1. The number of hydrogen-bond donors (Lipinski definition) is 1. The number of aryl methyl sites for hydroxylation is 1. The van der Waals surface area contributed by atoms with Crippen LogP contribution in [0.2, 0.25) is 10.0 Å². The fourth-order valence-electron chi connectivity index (χ4n) is 1.62. The first kappa shape index (κ1) is 15.2. The number of nitro groups is 1. The van der Waals surface area contributed by atoms with Gasteiger partial charge in [0.05, 0.1) is 15.5 Å². The molecule has 0 aliphatic carbocycles. The quantitative estimate of drug-likeness (QED) is 0.685. The normalized spacial score (nSPS) is 10.2. The van der Waals surface area contributed by atoms with E-state index in [-0.39, 0.29) is 27.0 Å². The molecule has 21 heavy (non-hydrogen) atoms. The highest BCUT2D eigenvalue weighted by Crippen LogP contribution is 2.28. The topological polar surface area (TPSA) is 85.1 Å². The van der Waals surface area contributed by atoms with Crippen LogP contribution < -0.4 is 5.32 Å². The molecule has 0 saturated carbocycles. The number of pyridine rings is 1. The molecular weight excluding hydrogens is 317 g/mol. The molecule has 0 spiro atoms. The Kier molecular flexibility index (Phi) is 4.40. The molecule has 6 nitrogen and oxygen atoms in total. The lowest BCUT2D eigenvalue weighted by Gasteiger charge is -2.07. The van der Waals surface area contributed by atoms with Crippen LogP contribution in [0.1, 0.15) is 16.1 Å². The molecule has 2 aromatic rings. The third-order valence-electron chi connectivity index (χ3n) is 2.64. The van der Waals surface area contributed by atoms with Crippen LogP contribution in [0, 0.1) is 17.0 Å². The molecule has 1 aromatic carbocycles. The van der Waals surface area contributed by atoms with Gasteiger partial charge in [-0.3, -0.25) is 19.9 Å². The zero-order valence-corrected chi connectivity index (χ0v) is 12.3. The van der Waals surface area contributed by atoms with Crippen molar-refractivity contribution in [3.8, 4) is 0 Å². The second-order valence-corrected chi connectivity index (χ2v) is 5.00. The van der Waals surface area contributed by atoms with Gasteiger partial charge in [0.25, 0.3) is 11.6 Å².